The summed E-state index contributed by atoms with van der Waals surface area (Å²) in [6.07, 6.45) is -0.462. The average Bonchev–Trinajstić information content (AvgIpc) is 2.32. The number of carbonyl (C=O) groups is 3. The number of carboxylic acid groups (broad SMARTS) is 2. The molecule has 0 radical (unpaired) electrons. The zero-order chi connectivity index (χ0) is 15.3. The van der Waals surface area contributed by atoms with E-state index in [0.29, 0.717) is 19.7 Å². The third kappa shape index (κ3) is 5.04. The van der Waals surface area contributed by atoms with E-state index in [1.807, 2.05) is 13.8 Å². The van der Waals surface area contributed by atoms with Crippen LogP contribution < -0.4 is 5.32 Å². The van der Waals surface area contributed by atoms with Crippen molar-refractivity contribution >= 4 is 18.0 Å². The van der Waals surface area contributed by atoms with Gasteiger partial charge in [-0.05, 0) is 20.3 Å². The number of carbonyl (C=O) groups excluding carboxylic acids is 1. The van der Waals surface area contributed by atoms with E-state index in [-0.39, 0.29) is 12.8 Å². The van der Waals surface area contributed by atoms with Crippen LogP contribution in [-0.2, 0) is 14.3 Å². The van der Waals surface area contributed by atoms with Crippen molar-refractivity contribution in [3.63, 3.8) is 0 Å². The van der Waals surface area contributed by atoms with Crippen LogP contribution in [0.25, 0.3) is 0 Å². The van der Waals surface area contributed by atoms with Crippen molar-refractivity contribution in [2.45, 2.75) is 38.3 Å². The Hall–Kier alpha value is -1.83. The molecule has 1 heterocycles. The van der Waals surface area contributed by atoms with Gasteiger partial charge in [-0.15, -0.1) is 0 Å². The first-order valence-electron chi connectivity index (χ1n) is 6.35. The van der Waals surface area contributed by atoms with E-state index in [1.54, 1.807) is 0 Å². The Morgan fingerprint density at radius 3 is 2.50 bits per heavy atom. The van der Waals surface area contributed by atoms with Crippen molar-refractivity contribution in [1.82, 2.24) is 10.2 Å². The van der Waals surface area contributed by atoms with Gasteiger partial charge in [-0.2, -0.15) is 0 Å². The van der Waals surface area contributed by atoms with Crippen molar-refractivity contribution < 1.29 is 29.3 Å². The number of urea groups is 1. The Morgan fingerprint density at radius 1 is 1.35 bits per heavy atom. The Bertz CT molecular complexity index is 395. The van der Waals surface area contributed by atoms with Gasteiger partial charge in [0.1, 0.15) is 6.04 Å². The Morgan fingerprint density at radius 2 is 2.00 bits per heavy atom. The van der Waals surface area contributed by atoms with Crippen molar-refractivity contribution in [2.24, 2.45) is 0 Å². The number of nitrogens with zero attached hydrogens (tertiary/aromatic N) is 1. The zero-order valence-corrected chi connectivity index (χ0v) is 11.6. The third-order valence-electron chi connectivity index (χ3n) is 2.96. The van der Waals surface area contributed by atoms with E-state index >= 15 is 0 Å². The number of ether oxygens (including phenoxy) is 1. The Balaban J connectivity index is 2.57. The number of rotatable bonds is 5. The lowest BCUT2D eigenvalue weighted by molar-refractivity contribution is -0.140. The molecule has 8 nitrogen and oxygen atoms in total. The maximum atomic E-state index is 12.0. The highest BCUT2D eigenvalue weighted by molar-refractivity contribution is 5.83. The molecule has 1 aliphatic heterocycles. The molecule has 0 bridgehead atoms. The molecule has 1 fully saturated rings. The predicted octanol–water partition coefficient (Wildman–Crippen LogP) is 0.125. The zero-order valence-electron chi connectivity index (χ0n) is 11.6. The second-order valence-corrected chi connectivity index (χ2v) is 5.30. The van der Waals surface area contributed by atoms with Gasteiger partial charge < -0.3 is 25.2 Å². The summed E-state index contributed by atoms with van der Waals surface area (Å²) in [5.74, 6) is -2.34. The van der Waals surface area contributed by atoms with E-state index in [0.717, 1.165) is 0 Å². The fourth-order valence-electron chi connectivity index (χ4n) is 1.96. The molecule has 1 atom stereocenters. The highest BCUT2D eigenvalue weighted by atomic mass is 16.5. The highest BCUT2D eigenvalue weighted by Crippen LogP contribution is 2.16. The molecule has 1 aliphatic rings. The van der Waals surface area contributed by atoms with Gasteiger partial charge in [0, 0.05) is 13.0 Å². The van der Waals surface area contributed by atoms with Crippen LogP contribution in [0.2, 0.25) is 0 Å². The lowest BCUT2D eigenvalue weighted by Gasteiger charge is -2.38. The summed E-state index contributed by atoms with van der Waals surface area (Å²) in [5.41, 5.74) is -0.477. The topological polar surface area (TPSA) is 116 Å². The molecule has 1 rings (SSSR count). The summed E-state index contributed by atoms with van der Waals surface area (Å²) < 4.78 is 5.46. The molecule has 0 aromatic rings. The largest absolute Gasteiger partial charge is 0.481 e. The molecule has 0 saturated carbocycles. The van der Waals surface area contributed by atoms with Gasteiger partial charge in [-0.1, -0.05) is 0 Å². The molecule has 1 unspecified atom stereocenters. The summed E-state index contributed by atoms with van der Waals surface area (Å²) in [6.45, 7) is 4.79. The average molecular weight is 288 g/mol. The number of aliphatic carboxylic acids is 2. The number of morpholine rings is 1. The Labute approximate surface area is 116 Å². The monoisotopic (exact) mass is 288 g/mol. The smallest absolute Gasteiger partial charge is 0.326 e. The standard InChI is InChI=1S/C12H20N2O6/c1-12(2)7-14(5-6-20-12)11(19)13-8(10(17)18)3-4-9(15)16/h8H,3-7H2,1-2H3,(H,13,19)(H,15,16)(H,17,18). The molecule has 0 aliphatic carbocycles. The first kappa shape index (κ1) is 16.2. The molecular formula is C12H20N2O6. The fourth-order valence-corrected chi connectivity index (χ4v) is 1.96. The van der Waals surface area contributed by atoms with Crippen LogP contribution >= 0.6 is 0 Å². The lowest BCUT2D eigenvalue weighted by Crippen LogP contribution is -2.56. The quantitative estimate of drug-likeness (QED) is 0.662. The summed E-state index contributed by atoms with van der Waals surface area (Å²) in [5, 5.41) is 19.9. The molecule has 2 amide bonds. The van der Waals surface area contributed by atoms with Crippen LogP contribution in [0.3, 0.4) is 0 Å². The molecule has 8 heteroatoms. The summed E-state index contributed by atoms with van der Waals surface area (Å²) in [4.78, 5) is 34.9. The van der Waals surface area contributed by atoms with Crippen LogP contribution in [0.1, 0.15) is 26.7 Å². The molecular weight excluding hydrogens is 268 g/mol. The van der Waals surface area contributed by atoms with Crippen molar-refractivity contribution in [2.75, 3.05) is 19.7 Å². The summed E-state index contributed by atoms with van der Waals surface area (Å²) in [7, 11) is 0. The number of nitrogens with one attached hydrogen (secondary N) is 1. The third-order valence-corrected chi connectivity index (χ3v) is 2.96. The molecule has 3 N–H and O–H groups in total. The molecule has 0 aromatic carbocycles. The predicted molar refractivity (Wildman–Crippen MR) is 68.4 cm³/mol. The van der Waals surface area contributed by atoms with E-state index in [1.165, 1.54) is 4.90 Å². The van der Waals surface area contributed by atoms with Crippen LogP contribution in [-0.4, -0.2) is 64.4 Å². The molecule has 1 saturated heterocycles. The number of carboxylic acids is 2. The number of amides is 2. The normalized spacial score (nSPS) is 19.2. The maximum absolute atomic E-state index is 12.0. The maximum Gasteiger partial charge on any atom is 0.326 e. The summed E-state index contributed by atoms with van der Waals surface area (Å²) in [6, 6.07) is -1.72. The Kier molecular flexibility index (Phi) is 5.32. The van der Waals surface area contributed by atoms with Gasteiger partial charge in [-0.3, -0.25) is 4.79 Å². The van der Waals surface area contributed by atoms with E-state index in [4.69, 9.17) is 14.9 Å². The summed E-state index contributed by atoms with van der Waals surface area (Å²) >= 11 is 0. The lowest BCUT2D eigenvalue weighted by atomic mass is 10.1. The second-order valence-electron chi connectivity index (χ2n) is 5.30. The minimum Gasteiger partial charge on any atom is -0.481 e. The molecule has 114 valence electrons. The second kappa shape index (κ2) is 6.56. The number of hydrogen-bond acceptors (Lipinski definition) is 4. The van der Waals surface area contributed by atoms with E-state index in [2.05, 4.69) is 5.32 Å². The molecule has 0 spiro atoms. The first-order valence-corrected chi connectivity index (χ1v) is 6.35. The van der Waals surface area contributed by atoms with Crippen LogP contribution in [0.15, 0.2) is 0 Å². The van der Waals surface area contributed by atoms with Gasteiger partial charge in [0.05, 0.1) is 18.8 Å². The minimum atomic E-state index is -1.24. The van der Waals surface area contributed by atoms with Crippen LogP contribution in [0, 0.1) is 0 Å². The van der Waals surface area contributed by atoms with Crippen LogP contribution in [0.4, 0.5) is 4.79 Å². The minimum absolute atomic E-state index is 0.149. The van der Waals surface area contributed by atoms with Crippen LogP contribution in [0.5, 0.6) is 0 Å². The van der Waals surface area contributed by atoms with Crippen molar-refractivity contribution in [3.05, 3.63) is 0 Å². The van der Waals surface area contributed by atoms with E-state index in [9.17, 15) is 14.4 Å². The highest BCUT2D eigenvalue weighted by Gasteiger charge is 2.31. The van der Waals surface area contributed by atoms with Gasteiger partial charge in [0.25, 0.3) is 0 Å². The van der Waals surface area contributed by atoms with Crippen molar-refractivity contribution in [1.29, 1.82) is 0 Å². The first-order chi connectivity index (χ1) is 9.21. The van der Waals surface area contributed by atoms with Gasteiger partial charge in [0.2, 0.25) is 0 Å². The van der Waals surface area contributed by atoms with Gasteiger partial charge >= 0.3 is 18.0 Å². The van der Waals surface area contributed by atoms with Gasteiger partial charge in [0.15, 0.2) is 0 Å². The number of hydrogen-bond donors (Lipinski definition) is 3. The molecule has 20 heavy (non-hydrogen) atoms. The van der Waals surface area contributed by atoms with E-state index < -0.39 is 29.6 Å². The fraction of sp³-hybridized carbons (Fsp3) is 0.750. The van der Waals surface area contributed by atoms with Crippen molar-refractivity contribution in [3.8, 4) is 0 Å². The molecule has 0 aromatic heterocycles. The van der Waals surface area contributed by atoms with Gasteiger partial charge in [-0.25, -0.2) is 9.59 Å². The SMILES string of the molecule is CC1(C)CN(C(=O)NC(CCC(=O)O)C(=O)O)CCO1.